The Kier molecular flexibility index (Phi) is 6.07. The van der Waals surface area contributed by atoms with E-state index in [9.17, 15) is 4.79 Å². The van der Waals surface area contributed by atoms with E-state index in [0.717, 1.165) is 5.75 Å². The molecule has 2 aromatic carbocycles. The largest absolute Gasteiger partial charge is 0.497 e. The van der Waals surface area contributed by atoms with E-state index in [-0.39, 0.29) is 11.9 Å². The van der Waals surface area contributed by atoms with Gasteiger partial charge in [-0.05, 0) is 38.1 Å². The zero-order valence-electron chi connectivity index (χ0n) is 14.5. The number of hydrogen-bond donors (Lipinski definition) is 1. The van der Waals surface area contributed by atoms with Gasteiger partial charge in [-0.2, -0.15) is 0 Å². The van der Waals surface area contributed by atoms with Crippen molar-refractivity contribution in [2.75, 3.05) is 20.8 Å². The molecule has 0 aliphatic rings. The molecule has 1 atom stereocenters. The molecule has 2 aromatic rings. The minimum absolute atomic E-state index is 0.143. The van der Waals surface area contributed by atoms with Crippen molar-refractivity contribution in [1.82, 2.24) is 5.32 Å². The summed E-state index contributed by atoms with van der Waals surface area (Å²) >= 11 is 0. The normalized spacial score (nSPS) is 11.5. The molecular weight excluding hydrogens is 306 g/mol. The summed E-state index contributed by atoms with van der Waals surface area (Å²) in [4.78, 5) is 12.4. The Morgan fingerprint density at radius 1 is 1.00 bits per heavy atom. The van der Waals surface area contributed by atoms with Crippen LogP contribution >= 0.6 is 0 Å². The van der Waals surface area contributed by atoms with Gasteiger partial charge in [-0.3, -0.25) is 4.79 Å². The number of methoxy groups -OCH3 is 2. The van der Waals surface area contributed by atoms with E-state index in [1.165, 1.54) is 5.56 Å². The van der Waals surface area contributed by atoms with Crippen molar-refractivity contribution in [2.45, 2.75) is 19.9 Å². The topological polar surface area (TPSA) is 56.8 Å². The van der Waals surface area contributed by atoms with Crippen LogP contribution in [0.25, 0.3) is 0 Å². The summed E-state index contributed by atoms with van der Waals surface area (Å²) in [5.74, 6) is 1.73. The molecule has 0 saturated carbocycles. The third-order valence-electron chi connectivity index (χ3n) is 3.51. The summed E-state index contributed by atoms with van der Waals surface area (Å²) in [7, 11) is 3.10. The maximum absolute atomic E-state index is 12.4. The van der Waals surface area contributed by atoms with Crippen molar-refractivity contribution in [3.05, 3.63) is 53.6 Å². The Hall–Kier alpha value is -2.69. The number of benzene rings is 2. The van der Waals surface area contributed by atoms with Crippen molar-refractivity contribution in [3.63, 3.8) is 0 Å². The van der Waals surface area contributed by atoms with Gasteiger partial charge in [0.25, 0.3) is 5.91 Å². The van der Waals surface area contributed by atoms with Crippen molar-refractivity contribution < 1.29 is 19.0 Å². The molecule has 1 amide bonds. The minimum Gasteiger partial charge on any atom is -0.497 e. The number of nitrogens with one attached hydrogen (secondary N) is 1. The lowest BCUT2D eigenvalue weighted by atomic mass is 10.1. The zero-order chi connectivity index (χ0) is 17.5. The number of ether oxygens (including phenoxy) is 3. The number of aryl methyl sites for hydroxylation is 1. The molecule has 0 fully saturated rings. The van der Waals surface area contributed by atoms with Crippen LogP contribution in [0, 0.1) is 6.92 Å². The average Bonchev–Trinajstić information content (AvgIpc) is 2.60. The number of amides is 1. The van der Waals surface area contributed by atoms with Crippen molar-refractivity contribution in [3.8, 4) is 17.2 Å². The fourth-order valence-corrected chi connectivity index (χ4v) is 2.14. The summed E-state index contributed by atoms with van der Waals surface area (Å²) in [5.41, 5.74) is 1.66. The Balaban J connectivity index is 1.94. The predicted octanol–water partition coefficient (Wildman–Crippen LogP) is 3.21. The van der Waals surface area contributed by atoms with Gasteiger partial charge >= 0.3 is 0 Å². The van der Waals surface area contributed by atoms with Crippen LogP contribution in [0.2, 0.25) is 0 Å². The van der Waals surface area contributed by atoms with Gasteiger partial charge in [-0.15, -0.1) is 0 Å². The standard InChI is InChI=1S/C19H23NO4/c1-13-5-7-16(8-6-13)24-12-14(2)20-19(21)15-9-17(22-3)11-18(10-15)23-4/h5-11,14H,12H2,1-4H3,(H,20,21)/t14-/m0/s1. The second-order valence-electron chi connectivity index (χ2n) is 5.60. The van der Waals surface area contributed by atoms with Gasteiger partial charge in [-0.1, -0.05) is 17.7 Å². The van der Waals surface area contributed by atoms with E-state index in [1.54, 1.807) is 32.4 Å². The first-order valence-electron chi connectivity index (χ1n) is 7.75. The van der Waals surface area contributed by atoms with Gasteiger partial charge in [-0.25, -0.2) is 0 Å². The highest BCUT2D eigenvalue weighted by molar-refractivity contribution is 5.95. The third-order valence-corrected chi connectivity index (χ3v) is 3.51. The Labute approximate surface area is 142 Å². The third kappa shape index (κ3) is 4.91. The monoisotopic (exact) mass is 329 g/mol. The van der Waals surface area contributed by atoms with E-state index < -0.39 is 0 Å². The van der Waals surface area contributed by atoms with Crippen LogP contribution < -0.4 is 19.5 Å². The molecule has 0 spiro atoms. The molecule has 1 N–H and O–H groups in total. The van der Waals surface area contributed by atoms with Crippen LogP contribution in [-0.2, 0) is 0 Å². The molecule has 0 heterocycles. The molecule has 5 nitrogen and oxygen atoms in total. The first-order chi connectivity index (χ1) is 11.5. The lowest BCUT2D eigenvalue weighted by Gasteiger charge is -2.16. The van der Waals surface area contributed by atoms with Gasteiger partial charge in [0.1, 0.15) is 23.9 Å². The van der Waals surface area contributed by atoms with Gasteiger partial charge in [0, 0.05) is 11.6 Å². The fraction of sp³-hybridized carbons (Fsp3) is 0.316. The lowest BCUT2D eigenvalue weighted by molar-refractivity contribution is 0.0926. The van der Waals surface area contributed by atoms with E-state index in [0.29, 0.717) is 23.7 Å². The highest BCUT2D eigenvalue weighted by Gasteiger charge is 2.13. The quantitative estimate of drug-likeness (QED) is 0.847. The number of carbonyl (C=O) groups is 1. The predicted molar refractivity (Wildman–Crippen MR) is 93.1 cm³/mol. The van der Waals surface area contributed by atoms with Gasteiger partial charge < -0.3 is 19.5 Å². The molecule has 0 bridgehead atoms. The van der Waals surface area contributed by atoms with Crippen LogP contribution in [-0.4, -0.2) is 32.8 Å². The van der Waals surface area contributed by atoms with Gasteiger partial charge in [0.2, 0.25) is 0 Å². The highest BCUT2D eigenvalue weighted by Crippen LogP contribution is 2.22. The molecule has 24 heavy (non-hydrogen) atoms. The molecule has 2 rings (SSSR count). The van der Waals surface area contributed by atoms with Gasteiger partial charge in [0.05, 0.1) is 20.3 Å². The lowest BCUT2D eigenvalue weighted by Crippen LogP contribution is -2.36. The molecule has 0 aliphatic carbocycles. The fourth-order valence-electron chi connectivity index (χ4n) is 2.14. The summed E-state index contributed by atoms with van der Waals surface area (Å²) in [5, 5.41) is 2.91. The number of carbonyl (C=O) groups excluding carboxylic acids is 1. The summed E-state index contributed by atoms with van der Waals surface area (Å²) < 4.78 is 16.1. The minimum atomic E-state index is -0.202. The van der Waals surface area contributed by atoms with Crippen molar-refractivity contribution >= 4 is 5.91 Å². The number of hydrogen-bond acceptors (Lipinski definition) is 4. The second kappa shape index (κ2) is 8.24. The Morgan fingerprint density at radius 2 is 1.58 bits per heavy atom. The van der Waals surface area contributed by atoms with Crippen LogP contribution in [0.15, 0.2) is 42.5 Å². The summed E-state index contributed by atoms with van der Waals surface area (Å²) in [6, 6.07) is 12.7. The molecule has 5 heteroatoms. The Bertz CT molecular complexity index is 660. The maximum Gasteiger partial charge on any atom is 0.251 e. The maximum atomic E-state index is 12.4. The zero-order valence-corrected chi connectivity index (χ0v) is 14.5. The van der Waals surface area contributed by atoms with E-state index in [1.807, 2.05) is 38.1 Å². The van der Waals surface area contributed by atoms with Crippen molar-refractivity contribution in [2.24, 2.45) is 0 Å². The Morgan fingerprint density at radius 3 is 2.12 bits per heavy atom. The molecule has 0 radical (unpaired) electrons. The van der Waals surface area contributed by atoms with Crippen molar-refractivity contribution in [1.29, 1.82) is 0 Å². The molecule has 0 aliphatic heterocycles. The molecule has 0 aromatic heterocycles. The molecule has 0 saturated heterocycles. The first kappa shape index (κ1) is 17.7. The van der Waals surface area contributed by atoms with Crippen LogP contribution in [0.1, 0.15) is 22.8 Å². The SMILES string of the molecule is COc1cc(OC)cc(C(=O)N[C@@H](C)COc2ccc(C)cc2)c1. The highest BCUT2D eigenvalue weighted by atomic mass is 16.5. The van der Waals surface area contributed by atoms with Gasteiger partial charge in [0.15, 0.2) is 0 Å². The van der Waals surface area contributed by atoms with E-state index in [4.69, 9.17) is 14.2 Å². The van der Waals surface area contributed by atoms with Crippen LogP contribution in [0.3, 0.4) is 0 Å². The number of rotatable bonds is 7. The summed E-state index contributed by atoms with van der Waals surface area (Å²) in [6.45, 7) is 4.30. The van der Waals surface area contributed by atoms with Crippen LogP contribution in [0.5, 0.6) is 17.2 Å². The summed E-state index contributed by atoms with van der Waals surface area (Å²) in [6.07, 6.45) is 0. The van der Waals surface area contributed by atoms with E-state index >= 15 is 0 Å². The molecule has 128 valence electrons. The molecular formula is C19H23NO4. The smallest absolute Gasteiger partial charge is 0.251 e. The molecule has 0 unspecified atom stereocenters. The second-order valence-corrected chi connectivity index (χ2v) is 5.60. The average molecular weight is 329 g/mol. The first-order valence-corrected chi connectivity index (χ1v) is 7.75. The van der Waals surface area contributed by atoms with Crippen LogP contribution in [0.4, 0.5) is 0 Å². The van der Waals surface area contributed by atoms with E-state index in [2.05, 4.69) is 5.32 Å².